The number of carbonyl (C=O) groups excluding carboxylic acids is 1. The van der Waals surface area contributed by atoms with E-state index in [1.165, 1.54) is 0 Å². The fourth-order valence-electron chi connectivity index (χ4n) is 1.60. The molecule has 2 amide bonds. The average Bonchev–Trinajstić information content (AvgIpc) is 2.33. The summed E-state index contributed by atoms with van der Waals surface area (Å²) in [5.41, 5.74) is 0. The Hall–Kier alpha value is -1.77. The largest absolute Gasteiger partial charge is 0.481 e. The normalized spacial score (nSPS) is 11.7. The van der Waals surface area contributed by atoms with E-state index in [1.54, 1.807) is 4.90 Å². The minimum atomic E-state index is -0.823. The summed E-state index contributed by atoms with van der Waals surface area (Å²) in [4.78, 5) is 24.0. The molecule has 0 aromatic heterocycles. The molecule has 0 aliphatic heterocycles. The molecule has 0 spiro atoms. The van der Waals surface area contributed by atoms with Crippen LogP contribution in [0.1, 0.15) is 40.0 Å². The lowest BCUT2D eigenvalue weighted by Gasteiger charge is -2.26. The summed E-state index contributed by atoms with van der Waals surface area (Å²) in [5, 5.41) is 19.9. The lowest BCUT2D eigenvalue weighted by molar-refractivity contribution is -0.137. The van der Waals surface area contributed by atoms with Gasteiger partial charge in [-0.25, -0.2) is 4.79 Å². The molecule has 0 bridgehead atoms. The summed E-state index contributed by atoms with van der Waals surface area (Å²) in [6.45, 7) is 6.54. The number of amides is 2. The first kappa shape index (κ1) is 17.2. The molecule has 0 saturated carbocycles. The van der Waals surface area contributed by atoms with Gasteiger partial charge >= 0.3 is 12.0 Å². The van der Waals surface area contributed by atoms with Gasteiger partial charge in [0, 0.05) is 25.6 Å². The lowest BCUT2D eigenvalue weighted by Crippen LogP contribution is -2.45. The average molecular weight is 269 g/mol. The van der Waals surface area contributed by atoms with Crippen molar-refractivity contribution in [2.45, 2.75) is 46.1 Å². The van der Waals surface area contributed by atoms with Crippen molar-refractivity contribution in [1.29, 1.82) is 5.26 Å². The Balaban J connectivity index is 4.11. The second-order valence-electron chi connectivity index (χ2n) is 4.92. The summed E-state index contributed by atoms with van der Waals surface area (Å²) in [5.74, 6) is -0.707. The first-order chi connectivity index (χ1) is 8.88. The van der Waals surface area contributed by atoms with Crippen molar-refractivity contribution in [2.75, 3.05) is 13.1 Å². The molecule has 0 fully saturated rings. The van der Waals surface area contributed by atoms with Crippen LogP contribution in [0.5, 0.6) is 0 Å². The molecule has 2 N–H and O–H groups in total. The second-order valence-corrected chi connectivity index (χ2v) is 4.92. The van der Waals surface area contributed by atoms with E-state index in [0.717, 1.165) is 0 Å². The summed E-state index contributed by atoms with van der Waals surface area (Å²) in [6, 6.07) is 1.85. The molecular formula is C13H23N3O3. The van der Waals surface area contributed by atoms with Crippen molar-refractivity contribution in [2.24, 2.45) is 5.92 Å². The van der Waals surface area contributed by atoms with Crippen LogP contribution in [-0.4, -0.2) is 41.1 Å². The van der Waals surface area contributed by atoms with Gasteiger partial charge in [0.05, 0.1) is 12.5 Å². The maximum Gasteiger partial charge on any atom is 0.317 e. The van der Waals surface area contributed by atoms with Crippen molar-refractivity contribution < 1.29 is 14.7 Å². The Morgan fingerprint density at radius 3 is 2.47 bits per heavy atom. The smallest absolute Gasteiger partial charge is 0.317 e. The molecule has 108 valence electrons. The van der Waals surface area contributed by atoms with Gasteiger partial charge in [-0.2, -0.15) is 5.26 Å². The molecule has 1 atom stereocenters. The number of urea groups is 1. The molecule has 0 heterocycles. The van der Waals surface area contributed by atoms with Crippen molar-refractivity contribution in [3.63, 3.8) is 0 Å². The van der Waals surface area contributed by atoms with Crippen molar-refractivity contribution in [3.05, 3.63) is 0 Å². The number of nitriles is 1. The van der Waals surface area contributed by atoms with Crippen molar-refractivity contribution >= 4 is 12.0 Å². The number of carboxylic acids is 1. The predicted octanol–water partition coefficient (Wildman–Crippen LogP) is 1.82. The fraction of sp³-hybridized carbons (Fsp3) is 0.769. The Morgan fingerprint density at radius 2 is 2.00 bits per heavy atom. The van der Waals surface area contributed by atoms with Gasteiger partial charge in [0.15, 0.2) is 0 Å². The number of carbonyl (C=O) groups is 2. The Bertz CT molecular complexity index is 337. The quantitative estimate of drug-likeness (QED) is 0.702. The molecule has 0 saturated heterocycles. The van der Waals surface area contributed by atoms with E-state index in [2.05, 4.69) is 5.32 Å². The Labute approximate surface area is 114 Å². The molecule has 6 heteroatoms. The Kier molecular flexibility index (Phi) is 8.34. The first-order valence-corrected chi connectivity index (χ1v) is 6.51. The maximum atomic E-state index is 11.9. The van der Waals surface area contributed by atoms with Gasteiger partial charge in [0.2, 0.25) is 0 Å². The monoisotopic (exact) mass is 269 g/mol. The van der Waals surface area contributed by atoms with Gasteiger partial charge in [-0.3, -0.25) is 4.79 Å². The number of rotatable bonds is 8. The van der Waals surface area contributed by atoms with Crippen LogP contribution >= 0.6 is 0 Å². The number of carboxylic acid groups (broad SMARTS) is 1. The van der Waals surface area contributed by atoms with E-state index < -0.39 is 5.97 Å². The molecule has 6 nitrogen and oxygen atoms in total. The minimum Gasteiger partial charge on any atom is -0.481 e. The number of hydrogen-bond donors (Lipinski definition) is 2. The van der Waals surface area contributed by atoms with Gasteiger partial charge in [0.1, 0.15) is 0 Å². The Morgan fingerprint density at radius 1 is 1.37 bits per heavy atom. The molecule has 19 heavy (non-hydrogen) atoms. The molecule has 0 aromatic carbocycles. The number of nitrogens with zero attached hydrogens (tertiary/aromatic N) is 2. The molecule has 0 aliphatic carbocycles. The minimum absolute atomic E-state index is 0.0303. The van der Waals surface area contributed by atoms with Crippen LogP contribution in [-0.2, 0) is 4.79 Å². The van der Waals surface area contributed by atoms with Crippen LogP contribution < -0.4 is 5.32 Å². The SMILES string of the molecule is CC(CCC(=O)O)CNC(=O)N(CCC#N)C(C)C. The van der Waals surface area contributed by atoms with Crippen LogP contribution in [0.25, 0.3) is 0 Å². The van der Waals surface area contributed by atoms with Gasteiger partial charge in [0.25, 0.3) is 0 Å². The number of hydrogen-bond acceptors (Lipinski definition) is 3. The molecule has 1 unspecified atom stereocenters. The molecule has 0 aromatic rings. The number of nitrogens with one attached hydrogen (secondary N) is 1. The van der Waals surface area contributed by atoms with Crippen LogP contribution in [0.4, 0.5) is 4.79 Å². The predicted molar refractivity (Wildman–Crippen MR) is 71.5 cm³/mol. The van der Waals surface area contributed by atoms with E-state index in [1.807, 2.05) is 26.8 Å². The van der Waals surface area contributed by atoms with E-state index in [-0.39, 0.29) is 24.4 Å². The third kappa shape index (κ3) is 8.03. The van der Waals surface area contributed by atoms with E-state index >= 15 is 0 Å². The molecular weight excluding hydrogens is 246 g/mol. The van der Waals surface area contributed by atoms with E-state index in [0.29, 0.717) is 25.9 Å². The zero-order valence-electron chi connectivity index (χ0n) is 11.8. The highest BCUT2D eigenvalue weighted by Crippen LogP contribution is 2.05. The standard InChI is InChI=1S/C13H23N3O3/c1-10(2)16(8-4-7-14)13(19)15-9-11(3)5-6-12(17)18/h10-11H,4-6,8-9H2,1-3H3,(H,15,19)(H,17,18). The van der Waals surface area contributed by atoms with Gasteiger partial charge in [-0.05, 0) is 26.2 Å². The molecule has 0 radical (unpaired) electrons. The first-order valence-electron chi connectivity index (χ1n) is 6.51. The van der Waals surface area contributed by atoms with E-state index in [4.69, 9.17) is 10.4 Å². The van der Waals surface area contributed by atoms with E-state index in [9.17, 15) is 9.59 Å². The van der Waals surface area contributed by atoms with Gasteiger partial charge in [-0.15, -0.1) is 0 Å². The summed E-state index contributed by atoms with van der Waals surface area (Å²) >= 11 is 0. The van der Waals surface area contributed by atoms with Gasteiger partial charge < -0.3 is 15.3 Å². The number of aliphatic carboxylic acids is 1. The molecule has 0 rings (SSSR count). The molecule has 0 aliphatic rings. The van der Waals surface area contributed by atoms with Crippen LogP contribution in [0.15, 0.2) is 0 Å². The topological polar surface area (TPSA) is 93.4 Å². The second kappa shape index (κ2) is 9.20. The van der Waals surface area contributed by atoms with Crippen molar-refractivity contribution in [3.8, 4) is 6.07 Å². The zero-order chi connectivity index (χ0) is 14.8. The van der Waals surface area contributed by atoms with Gasteiger partial charge in [-0.1, -0.05) is 6.92 Å². The van der Waals surface area contributed by atoms with Crippen LogP contribution in [0.2, 0.25) is 0 Å². The summed E-state index contributed by atoms with van der Waals surface area (Å²) in [6.07, 6.45) is 0.953. The maximum absolute atomic E-state index is 11.9. The van der Waals surface area contributed by atoms with Crippen LogP contribution in [0.3, 0.4) is 0 Å². The lowest BCUT2D eigenvalue weighted by atomic mass is 10.1. The highest BCUT2D eigenvalue weighted by molar-refractivity contribution is 5.74. The van der Waals surface area contributed by atoms with Crippen molar-refractivity contribution in [1.82, 2.24) is 10.2 Å². The highest BCUT2D eigenvalue weighted by Gasteiger charge is 2.16. The summed E-state index contributed by atoms with van der Waals surface area (Å²) < 4.78 is 0. The fourth-order valence-corrected chi connectivity index (χ4v) is 1.60. The third-order valence-electron chi connectivity index (χ3n) is 2.80. The third-order valence-corrected chi connectivity index (χ3v) is 2.80. The highest BCUT2D eigenvalue weighted by atomic mass is 16.4. The van der Waals surface area contributed by atoms with Crippen LogP contribution in [0, 0.1) is 17.2 Å². The summed E-state index contributed by atoms with van der Waals surface area (Å²) in [7, 11) is 0. The zero-order valence-corrected chi connectivity index (χ0v) is 11.8.